The number of unbranched alkanes of at least 4 members (excludes halogenated alkanes) is 1. The summed E-state index contributed by atoms with van der Waals surface area (Å²) in [7, 11) is 2.10. The number of aryl methyl sites for hydroxylation is 2. The first-order chi connectivity index (χ1) is 9.56. The highest BCUT2D eigenvalue weighted by molar-refractivity contribution is 7.18. The standard InChI is InChI=1S/C14H23N5S/c1-5-6-7-19(4)8-11-16-13(18-15)12-9(2)10(3)20-14(12)17-11/h5-8,15H2,1-4H3,(H,16,17,18). The maximum atomic E-state index is 5.62. The van der Waals surface area contributed by atoms with Crippen LogP contribution in [0, 0.1) is 13.8 Å². The van der Waals surface area contributed by atoms with Gasteiger partial charge in [-0.25, -0.2) is 15.8 Å². The summed E-state index contributed by atoms with van der Waals surface area (Å²) in [5.41, 5.74) is 3.93. The average Bonchev–Trinajstić information content (AvgIpc) is 2.71. The zero-order chi connectivity index (χ0) is 14.7. The Balaban J connectivity index is 2.31. The molecule has 0 aliphatic carbocycles. The molecule has 2 rings (SSSR count). The highest BCUT2D eigenvalue weighted by atomic mass is 32.1. The van der Waals surface area contributed by atoms with Gasteiger partial charge in [0.2, 0.25) is 0 Å². The van der Waals surface area contributed by atoms with Crippen molar-refractivity contribution in [2.75, 3.05) is 19.0 Å². The largest absolute Gasteiger partial charge is 0.308 e. The number of nitrogens with one attached hydrogen (secondary N) is 1. The summed E-state index contributed by atoms with van der Waals surface area (Å²) in [4.78, 5) is 13.8. The van der Waals surface area contributed by atoms with Gasteiger partial charge in [0, 0.05) is 4.88 Å². The molecule has 0 fully saturated rings. The predicted molar refractivity (Wildman–Crippen MR) is 85.9 cm³/mol. The van der Waals surface area contributed by atoms with E-state index in [4.69, 9.17) is 5.84 Å². The second kappa shape index (κ2) is 6.47. The fourth-order valence-electron chi connectivity index (χ4n) is 2.22. The van der Waals surface area contributed by atoms with Crippen molar-refractivity contribution in [2.24, 2.45) is 5.84 Å². The third kappa shape index (κ3) is 3.08. The fraction of sp³-hybridized carbons (Fsp3) is 0.571. The molecular weight excluding hydrogens is 270 g/mol. The quantitative estimate of drug-likeness (QED) is 0.633. The number of aromatic nitrogens is 2. The second-order valence-corrected chi connectivity index (χ2v) is 6.39. The maximum Gasteiger partial charge on any atom is 0.152 e. The Bertz CT molecular complexity index is 593. The molecule has 2 aromatic heterocycles. The normalized spacial score (nSPS) is 11.5. The number of nitrogens with two attached hydrogens (primary N) is 1. The molecule has 5 nitrogen and oxygen atoms in total. The van der Waals surface area contributed by atoms with Gasteiger partial charge in [0.15, 0.2) is 5.82 Å². The number of nitrogens with zero attached hydrogens (tertiary/aromatic N) is 3. The number of hydrogen-bond donors (Lipinski definition) is 2. The molecule has 110 valence electrons. The van der Waals surface area contributed by atoms with E-state index in [1.54, 1.807) is 11.3 Å². The number of hydrazine groups is 1. The zero-order valence-corrected chi connectivity index (χ0v) is 13.5. The molecular formula is C14H23N5S. The first-order valence-corrected chi connectivity index (χ1v) is 7.80. The predicted octanol–water partition coefficient (Wildman–Crippen LogP) is 2.83. The van der Waals surface area contributed by atoms with Crippen LogP contribution in [0.5, 0.6) is 0 Å². The van der Waals surface area contributed by atoms with E-state index in [1.807, 2.05) is 0 Å². The van der Waals surface area contributed by atoms with Crippen LogP contribution in [0.2, 0.25) is 0 Å². The average molecular weight is 293 g/mol. The number of hydrogen-bond acceptors (Lipinski definition) is 6. The van der Waals surface area contributed by atoms with E-state index in [0.717, 1.165) is 34.9 Å². The van der Waals surface area contributed by atoms with Gasteiger partial charge in [0.25, 0.3) is 0 Å². The van der Waals surface area contributed by atoms with Gasteiger partial charge in [-0.1, -0.05) is 13.3 Å². The lowest BCUT2D eigenvalue weighted by Gasteiger charge is -2.15. The highest BCUT2D eigenvalue weighted by Gasteiger charge is 2.14. The third-order valence-corrected chi connectivity index (χ3v) is 4.62. The summed E-state index contributed by atoms with van der Waals surface area (Å²) < 4.78 is 0. The molecule has 0 unspecified atom stereocenters. The van der Waals surface area contributed by atoms with Crippen molar-refractivity contribution in [1.29, 1.82) is 0 Å². The van der Waals surface area contributed by atoms with Gasteiger partial charge in [0.1, 0.15) is 10.7 Å². The SMILES string of the molecule is CCCCN(C)Cc1nc(NN)c2c(C)c(C)sc2n1. The summed E-state index contributed by atoms with van der Waals surface area (Å²) in [5, 5.41) is 1.05. The van der Waals surface area contributed by atoms with Crippen molar-refractivity contribution in [1.82, 2.24) is 14.9 Å². The molecule has 0 aromatic carbocycles. The van der Waals surface area contributed by atoms with Gasteiger partial charge in [-0.05, 0) is 39.4 Å². The van der Waals surface area contributed by atoms with E-state index >= 15 is 0 Å². The lowest BCUT2D eigenvalue weighted by atomic mass is 10.2. The van der Waals surface area contributed by atoms with Gasteiger partial charge in [-0.2, -0.15) is 0 Å². The molecule has 6 heteroatoms. The number of fused-ring (bicyclic) bond motifs is 1. The summed E-state index contributed by atoms with van der Waals surface area (Å²) in [6.07, 6.45) is 2.39. The van der Waals surface area contributed by atoms with Crippen LogP contribution in [0.1, 0.15) is 36.0 Å². The fourth-order valence-corrected chi connectivity index (χ4v) is 3.27. The van der Waals surface area contributed by atoms with Gasteiger partial charge < -0.3 is 5.43 Å². The minimum absolute atomic E-state index is 0.732. The topological polar surface area (TPSA) is 67.1 Å². The van der Waals surface area contributed by atoms with Crippen molar-refractivity contribution in [2.45, 2.75) is 40.2 Å². The van der Waals surface area contributed by atoms with Crippen molar-refractivity contribution >= 4 is 27.4 Å². The Morgan fingerprint density at radius 3 is 2.70 bits per heavy atom. The molecule has 0 atom stereocenters. The summed E-state index contributed by atoms with van der Waals surface area (Å²) in [5.74, 6) is 7.18. The molecule has 2 heterocycles. The van der Waals surface area contributed by atoms with E-state index < -0.39 is 0 Å². The Morgan fingerprint density at radius 2 is 2.05 bits per heavy atom. The first-order valence-electron chi connectivity index (χ1n) is 6.98. The highest BCUT2D eigenvalue weighted by Crippen LogP contribution is 2.32. The van der Waals surface area contributed by atoms with Crippen LogP contribution in [-0.4, -0.2) is 28.5 Å². The third-order valence-electron chi connectivity index (χ3n) is 3.52. The summed E-state index contributed by atoms with van der Waals surface area (Å²) in [6.45, 7) is 8.21. The lowest BCUT2D eigenvalue weighted by molar-refractivity contribution is 0.313. The van der Waals surface area contributed by atoms with Crippen LogP contribution in [0.15, 0.2) is 0 Å². The van der Waals surface area contributed by atoms with Gasteiger partial charge in [-0.3, -0.25) is 4.90 Å². The van der Waals surface area contributed by atoms with E-state index in [0.29, 0.717) is 0 Å². The Kier molecular flexibility index (Phi) is 4.91. The van der Waals surface area contributed by atoms with E-state index in [9.17, 15) is 0 Å². The molecule has 2 aromatic rings. The monoisotopic (exact) mass is 293 g/mol. The Hall–Kier alpha value is -1.24. The van der Waals surface area contributed by atoms with Crippen LogP contribution in [-0.2, 0) is 6.54 Å². The van der Waals surface area contributed by atoms with Crippen molar-refractivity contribution in [3.05, 3.63) is 16.3 Å². The van der Waals surface area contributed by atoms with Crippen molar-refractivity contribution < 1.29 is 0 Å². The number of thiophene rings is 1. The van der Waals surface area contributed by atoms with E-state index in [2.05, 4.69) is 48.1 Å². The minimum atomic E-state index is 0.732. The minimum Gasteiger partial charge on any atom is -0.308 e. The van der Waals surface area contributed by atoms with Crippen LogP contribution < -0.4 is 11.3 Å². The van der Waals surface area contributed by atoms with Crippen molar-refractivity contribution in [3.8, 4) is 0 Å². The molecule has 0 spiro atoms. The zero-order valence-electron chi connectivity index (χ0n) is 12.7. The molecule has 0 aliphatic heterocycles. The number of anilines is 1. The maximum absolute atomic E-state index is 5.62. The van der Waals surface area contributed by atoms with Gasteiger partial charge >= 0.3 is 0 Å². The van der Waals surface area contributed by atoms with Crippen LogP contribution >= 0.6 is 11.3 Å². The first kappa shape index (κ1) is 15.2. The van der Waals surface area contributed by atoms with Crippen LogP contribution in [0.4, 0.5) is 5.82 Å². The Morgan fingerprint density at radius 1 is 1.30 bits per heavy atom. The molecule has 0 aliphatic rings. The van der Waals surface area contributed by atoms with Crippen LogP contribution in [0.25, 0.3) is 10.2 Å². The molecule has 0 saturated heterocycles. The van der Waals surface area contributed by atoms with Gasteiger partial charge in [0.05, 0.1) is 11.9 Å². The van der Waals surface area contributed by atoms with Crippen molar-refractivity contribution in [3.63, 3.8) is 0 Å². The lowest BCUT2D eigenvalue weighted by Crippen LogP contribution is -2.21. The van der Waals surface area contributed by atoms with E-state index in [-0.39, 0.29) is 0 Å². The molecule has 3 N–H and O–H groups in total. The molecule has 0 bridgehead atoms. The Labute approximate surface area is 124 Å². The number of nitrogen functional groups attached to an aromatic ring is 1. The summed E-state index contributed by atoms with van der Waals surface area (Å²) in [6, 6.07) is 0. The molecule has 0 radical (unpaired) electrons. The van der Waals surface area contributed by atoms with Gasteiger partial charge in [-0.15, -0.1) is 11.3 Å². The van der Waals surface area contributed by atoms with E-state index in [1.165, 1.54) is 23.3 Å². The molecule has 0 amide bonds. The molecule has 20 heavy (non-hydrogen) atoms. The number of rotatable bonds is 6. The van der Waals surface area contributed by atoms with Crippen LogP contribution in [0.3, 0.4) is 0 Å². The second-order valence-electron chi connectivity index (χ2n) is 5.19. The smallest absolute Gasteiger partial charge is 0.152 e. The summed E-state index contributed by atoms with van der Waals surface area (Å²) >= 11 is 1.70. The molecule has 0 saturated carbocycles.